The molecule has 1 N–H and O–H groups in total. The van der Waals surface area contributed by atoms with E-state index in [1.165, 1.54) is 77.5 Å². The van der Waals surface area contributed by atoms with Gasteiger partial charge in [-0.2, -0.15) is 0 Å². The highest BCUT2D eigenvalue weighted by Gasteiger charge is 2.22. The molecule has 0 aromatic carbocycles. The summed E-state index contributed by atoms with van der Waals surface area (Å²) < 4.78 is 0. The first-order valence-corrected chi connectivity index (χ1v) is 8.70. The maximum atomic E-state index is 3.49. The minimum Gasteiger partial charge on any atom is -0.317 e. The van der Waals surface area contributed by atoms with Gasteiger partial charge in [0.25, 0.3) is 0 Å². The highest BCUT2D eigenvalue weighted by molar-refractivity contribution is 4.77. The third kappa shape index (κ3) is 5.43. The van der Waals surface area contributed by atoms with Gasteiger partial charge in [0.2, 0.25) is 0 Å². The van der Waals surface area contributed by atoms with Crippen LogP contribution in [0.15, 0.2) is 0 Å². The van der Waals surface area contributed by atoms with E-state index in [1.54, 1.807) is 0 Å². The van der Waals surface area contributed by atoms with Crippen LogP contribution in [0, 0.1) is 11.8 Å². The second-order valence-corrected chi connectivity index (χ2v) is 7.10. The van der Waals surface area contributed by atoms with Gasteiger partial charge in [0, 0.05) is 19.1 Å². The standard InChI is InChI=1S/C17H34N2/c1-15(2)19(14-17-9-11-18-12-10-17)13-16-7-5-3-4-6-8-16/h15-18H,3-14H2,1-2H3. The Morgan fingerprint density at radius 3 is 1.89 bits per heavy atom. The number of hydrogen-bond acceptors (Lipinski definition) is 2. The number of rotatable bonds is 5. The second kappa shape index (κ2) is 8.26. The quantitative estimate of drug-likeness (QED) is 0.764. The van der Waals surface area contributed by atoms with E-state index in [0.29, 0.717) is 0 Å². The summed E-state index contributed by atoms with van der Waals surface area (Å²) in [7, 11) is 0. The van der Waals surface area contributed by atoms with Crippen LogP contribution in [-0.4, -0.2) is 37.1 Å². The highest BCUT2D eigenvalue weighted by atomic mass is 15.1. The molecule has 2 rings (SSSR count). The fourth-order valence-electron chi connectivity index (χ4n) is 3.77. The normalized spacial score (nSPS) is 24.0. The van der Waals surface area contributed by atoms with Crippen LogP contribution in [-0.2, 0) is 0 Å². The van der Waals surface area contributed by atoms with Crippen molar-refractivity contribution in [3.05, 3.63) is 0 Å². The molecule has 0 bridgehead atoms. The summed E-state index contributed by atoms with van der Waals surface area (Å²) in [4.78, 5) is 2.78. The molecule has 0 aromatic rings. The van der Waals surface area contributed by atoms with Gasteiger partial charge in [-0.3, -0.25) is 0 Å². The molecule has 19 heavy (non-hydrogen) atoms. The van der Waals surface area contributed by atoms with Gasteiger partial charge in [0.1, 0.15) is 0 Å². The van der Waals surface area contributed by atoms with Gasteiger partial charge in [-0.25, -0.2) is 0 Å². The molecule has 1 heterocycles. The number of piperidine rings is 1. The zero-order valence-corrected chi connectivity index (χ0v) is 13.2. The Balaban J connectivity index is 1.80. The van der Waals surface area contributed by atoms with Crippen molar-refractivity contribution >= 4 is 0 Å². The van der Waals surface area contributed by atoms with Crippen molar-refractivity contribution in [2.75, 3.05) is 26.2 Å². The Labute approximate surface area is 120 Å². The van der Waals surface area contributed by atoms with Crippen LogP contribution in [0.3, 0.4) is 0 Å². The SMILES string of the molecule is CC(C)N(CC1CCCCCC1)CC1CCNCC1. The largest absolute Gasteiger partial charge is 0.317 e. The third-order valence-electron chi connectivity index (χ3n) is 5.15. The van der Waals surface area contributed by atoms with E-state index in [0.717, 1.165) is 17.9 Å². The van der Waals surface area contributed by atoms with Crippen molar-refractivity contribution in [2.45, 2.75) is 71.3 Å². The van der Waals surface area contributed by atoms with E-state index in [4.69, 9.17) is 0 Å². The molecule has 0 amide bonds. The maximum Gasteiger partial charge on any atom is 0.00388 e. The zero-order chi connectivity index (χ0) is 13.5. The monoisotopic (exact) mass is 266 g/mol. The van der Waals surface area contributed by atoms with Gasteiger partial charge >= 0.3 is 0 Å². The van der Waals surface area contributed by atoms with Crippen molar-refractivity contribution in [3.63, 3.8) is 0 Å². The molecule has 2 aliphatic rings. The molecule has 0 unspecified atom stereocenters. The smallest absolute Gasteiger partial charge is 0.00388 e. The molecule has 1 saturated heterocycles. The average molecular weight is 266 g/mol. The van der Waals surface area contributed by atoms with Crippen molar-refractivity contribution < 1.29 is 0 Å². The Kier molecular flexibility index (Phi) is 6.66. The Hall–Kier alpha value is -0.0800. The fraction of sp³-hybridized carbons (Fsp3) is 1.00. The molecule has 112 valence electrons. The number of nitrogens with zero attached hydrogens (tertiary/aromatic N) is 1. The summed E-state index contributed by atoms with van der Waals surface area (Å²) in [6.45, 7) is 9.95. The topological polar surface area (TPSA) is 15.3 Å². The van der Waals surface area contributed by atoms with Crippen LogP contribution < -0.4 is 5.32 Å². The molecule has 2 fully saturated rings. The summed E-state index contributed by atoms with van der Waals surface area (Å²) >= 11 is 0. The molecular formula is C17H34N2. The lowest BCUT2D eigenvalue weighted by Gasteiger charge is -2.35. The van der Waals surface area contributed by atoms with E-state index < -0.39 is 0 Å². The van der Waals surface area contributed by atoms with Gasteiger partial charge in [-0.15, -0.1) is 0 Å². The van der Waals surface area contributed by atoms with Gasteiger partial charge in [-0.1, -0.05) is 25.7 Å². The number of nitrogens with one attached hydrogen (secondary N) is 1. The van der Waals surface area contributed by atoms with E-state index in [-0.39, 0.29) is 0 Å². The van der Waals surface area contributed by atoms with E-state index in [2.05, 4.69) is 24.1 Å². The summed E-state index contributed by atoms with van der Waals surface area (Å²) in [5.41, 5.74) is 0. The molecule has 0 atom stereocenters. The summed E-state index contributed by atoms with van der Waals surface area (Å²) in [5, 5.41) is 3.49. The average Bonchev–Trinajstić information content (AvgIpc) is 2.68. The van der Waals surface area contributed by atoms with Crippen molar-refractivity contribution in [1.29, 1.82) is 0 Å². The minimum absolute atomic E-state index is 0.720. The maximum absolute atomic E-state index is 3.49. The van der Waals surface area contributed by atoms with Crippen LogP contribution in [0.4, 0.5) is 0 Å². The Morgan fingerprint density at radius 2 is 1.37 bits per heavy atom. The van der Waals surface area contributed by atoms with Gasteiger partial charge < -0.3 is 10.2 Å². The zero-order valence-electron chi connectivity index (χ0n) is 13.2. The molecule has 1 aliphatic carbocycles. The van der Waals surface area contributed by atoms with Crippen molar-refractivity contribution in [2.24, 2.45) is 11.8 Å². The fourth-order valence-corrected chi connectivity index (χ4v) is 3.77. The highest BCUT2D eigenvalue weighted by Crippen LogP contribution is 2.25. The predicted octanol–water partition coefficient (Wildman–Crippen LogP) is 3.67. The molecule has 2 nitrogen and oxygen atoms in total. The number of hydrogen-bond donors (Lipinski definition) is 1. The molecule has 0 radical (unpaired) electrons. The molecule has 1 aliphatic heterocycles. The summed E-state index contributed by atoms with van der Waals surface area (Å²) in [5.74, 6) is 1.92. The van der Waals surface area contributed by atoms with Crippen LogP contribution in [0.2, 0.25) is 0 Å². The molecule has 1 saturated carbocycles. The predicted molar refractivity (Wildman–Crippen MR) is 83.5 cm³/mol. The van der Waals surface area contributed by atoms with E-state index >= 15 is 0 Å². The van der Waals surface area contributed by atoms with Crippen molar-refractivity contribution in [3.8, 4) is 0 Å². The lowest BCUT2D eigenvalue weighted by molar-refractivity contribution is 0.140. The van der Waals surface area contributed by atoms with E-state index in [9.17, 15) is 0 Å². The van der Waals surface area contributed by atoms with Crippen LogP contribution in [0.1, 0.15) is 65.2 Å². The first-order chi connectivity index (χ1) is 9.25. The molecule has 0 spiro atoms. The van der Waals surface area contributed by atoms with Crippen LogP contribution in [0.5, 0.6) is 0 Å². The molecular weight excluding hydrogens is 232 g/mol. The minimum atomic E-state index is 0.720. The van der Waals surface area contributed by atoms with Gasteiger partial charge in [0.15, 0.2) is 0 Å². The first kappa shape index (κ1) is 15.3. The van der Waals surface area contributed by atoms with Gasteiger partial charge in [-0.05, 0) is 64.5 Å². The molecule has 0 aromatic heterocycles. The lowest BCUT2D eigenvalue weighted by atomic mass is 9.94. The summed E-state index contributed by atoms with van der Waals surface area (Å²) in [6, 6.07) is 0.720. The van der Waals surface area contributed by atoms with Gasteiger partial charge in [0.05, 0.1) is 0 Å². The van der Waals surface area contributed by atoms with E-state index in [1.807, 2.05) is 0 Å². The first-order valence-electron chi connectivity index (χ1n) is 8.70. The Morgan fingerprint density at radius 1 is 0.842 bits per heavy atom. The second-order valence-electron chi connectivity index (χ2n) is 7.10. The third-order valence-corrected chi connectivity index (χ3v) is 5.15. The lowest BCUT2D eigenvalue weighted by Crippen LogP contribution is -2.41. The summed E-state index contributed by atoms with van der Waals surface area (Å²) in [6.07, 6.45) is 11.6. The van der Waals surface area contributed by atoms with Crippen molar-refractivity contribution in [1.82, 2.24) is 10.2 Å². The Bertz CT molecular complexity index is 225. The molecule has 2 heteroatoms. The van der Waals surface area contributed by atoms with Crippen LogP contribution in [0.25, 0.3) is 0 Å². The van der Waals surface area contributed by atoms with Crippen LogP contribution >= 0.6 is 0 Å².